The molecular weight excluding hydrogens is 395 g/mol. The second-order valence-electron chi connectivity index (χ2n) is 9.13. The van der Waals surface area contributed by atoms with Crippen molar-refractivity contribution in [3.63, 3.8) is 0 Å². The Bertz CT molecular complexity index is 917. The lowest BCUT2D eigenvalue weighted by Gasteiger charge is -2.26. The molecule has 2 heterocycles. The number of hydrogen-bond donors (Lipinski definition) is 1. The molecule has 0 radical (unpaired) electrons. The van der Waals surface area contributed by atoms with Gasteiger partial charge in [0.1, 0.15) is 5.67 Å². The summed E-state index contributed by atoms with van der Waals surface area (Å²) in [6.45, 7) is 1.54. The summed E-state index contributed by atoms with van der Waals surface area (Å²) in [6.07, 6.45) is 2.63. The number of aromatic nitrogens is 3. The third-order valence-corrected chi connectivity index (χ3v) is 6.12. The monoisotopic (exact) mass is 423 g/mol. The van der Waals surface area contributed by atoms with E-state index in [0.717, 1.165) is 5.69 Å². The number of ether oxygens (including phenoxy) is 1. The molecule has 2 aliphatic carbocycles. The van der Waals surface area contributed by atoms with Crippen molar-refractivity contribution in [1.82, 2.24) is 19.7 Å². The van der Waals surface area contributed by atoms with Crippen LogP contribution in [0.2, 0.25) is 0 Å². The van der Waals surface area contributed by atoms with E-state index in [4.69, 9.17) is 10.8 Å². The van der Waals surface area contributed by atoms with Crippen molar-refractivity contribution in [3.8, 4) is 17.0 Å². The van der Waals surface area contributed by atoms with E-state index in [0.29, 0.717) is 42.5 Å². The highest BCUT2D eigenvalue weighted by Gasteiger charge is 2.63. The molecule has 30 heavy (non-hydrogen) atoms. The van der Waals surface area contributed by atoms with Crippen molar-refractivity contribution in [3.05, 3.63) is 24.0 Å². The molecule has 2 aromatic heterocycles. The number of anilines is 1. The molecule has 2 N–H and O–H groups in total. The number of pyridine rings is 1. The van der Waals surface area contributed by atoms with Crippen LogP contribution in [0.3, 0.4) is 0 Å². The lowest BCUT2D eigenvalue weighted by molar-refractivity contribution is -0.0494. The van der Waals surface area contributed by atoms with Crippen molar-refractivity contribution in [2.45, 2.75) is 50.9 Å². The van der Waals surface area contributed by atoms with Gasteiger partial charge < -0.3 is 15.4 Å². The van der Waals surface area contributed by atoms with E-state index in [2.05, 4.69) is 9.72 Å². The molecule has 0 spiro atoms. The van der Waals surface area contributed by atoms with E-state index >= 15 is 4.39 Å². The first kappa shape index (κ1) is 21.0. The second-order valence-corrected chi connectivity index (χ2v) is 9.13. The molecule has 9 heteroatoms. The van der Waals surface area contributed by atoms with E-state index in [-0.39, 0.29) is 23.5 Å². The SMILES string of the molecule is CC(C)n1nc(-c2cnc(N)c(OC(F)F)c2)cc1C1C2CC(F)(CN(C)C)CC21. The van der Waals surface area contributed by atoms with Crippen LogP contribution in [-0.2, 0) is 0 Å². The number of hydrogen-bond acceptors (Lipinski definition) is 5. The minimum absolute atomic E-state index is 0.0977. The Morgan fingerprint density at radius 3 is 2.50 bits per heavy atom. The van der Waals surface area contributed by atoms with E-state index in [9.17, 15) is 8.78 Å². The number of alkyl halides is 3. The maximum Gasteiger partial charge on any atom is 0.387 e. The predicted molar refractivity (Wildman–Crippen MR) is 108 cm³/mol. The summed E-state index contributed by atoms with van der Waals surface area (Å²) in [6, 6.07) is 3.52. The Labute approximate surface area is 174 Å². The van der Waals surface area contributed by atoms with Gasteiger partial charge in [0.05, 0.1) is 5.69 Å². The predicted octanol–water partition coefficient (Wildman–Crippen LogP) is 4.10. The fourth-order valence-electron chi connectivity index (χ4n) is 5.06. The van der Waals surface area contributed by atoms with Gasteiger partial charge in [-0.05, 0) is 64.8 Å². The van der Waals surface area contributed by atoms with Gasteiger partial charge in [-0.1, -0.05) is 0 Å². The third-order valence-electron chi connectivity index (χ3n) is 6.12. The molecule has 2 saturated carbocycles. The van der Waals surface area contributed by atoms with Gasteiger partial charge in [0.25, 0.3) is 0 Å². The fraction of sp³-hybridized carbons (Fsp3) is 0.619. The van der Waals surface area contributed by atoms with Crippen LogP contribution in [0.25, 0.3) is 11.3 Å². The van der Waals surface area contributed by atoms with E-state index in [1.165, 1.54) is 12.3 Å². The van der Waals surface area contributed by atoms with Crippen molar-refractivity contribution in [1.29, 1.82) is 0 Å². The Kier molecular flexibility index (Phi) is 5.20. The molecule has 2 unspecified atom stereocenters. The summed E-state index contributed by atoms with van der Waals surface area (Å²) in [4.78, 5) is 5.88. The van der Waals surface area contributed by atoms with E-state index in [1.54, 1.807) is 0 Å². The number of nitrogen functional groups attached to an aromatic ring is 1. The number of rotatable bonds is 7. The van der Waals surface area contributed by atoms with Gasteiger partial charge in [0.15, 0.2) is 11.6 Å². The van der Waals surface area contributed by atoms with Crippen LogP contribution in [0.5, 0.6) is 5.75 Å². The molecule has 2 aromatic rings. The summed E-state index contributed by atoms with van der Waals surface area (Å²) >= 11 is 0. The average molecular weight is 423 g/mol. The van der Waals surface area contributed by atoms with Crippen molar-refractivity contribution in [2.75, 3.05) is 26.4 Å². The Hall–Kier alpha value is -2.29. The molecule has 0 bridgehead atoms. The highest BCUT2D eigenvalue weighted by molar-refractivity contribution is 5.64. The average Bonchev–Trinajstić information content (AvgIpc) is 2.99. The number of nitrogens with zero attached hydrogens (tertiary/aromatic N) is 4. The molecule has 0 saturated heterocycles. The minimum Gasteiger partial charge on any atom is -0.431 e. The number of fused-ring (bicyclic) bond motifs is 1. The standard InChI is InChI=1S/C21H28F3N5O/c1-11(2)29-16(18-13-7-21(24,8-14(13)18)10-28(3)4)6-15(27-29)12-5-17(30-20(22)23)19(25)26-9-12/h5-6,9,11,13-14,18,20H,7-8,10H2,1-4H3,(H2,25,26). The largest absolute Gasteiger partial charge is 0.431 e. The minimum atomic E-state index is -2.98. The van der Waals surface area contributed by atoms with Crippen LogP contribution in [0, 0.1) is 11.8 Å². The zero-order chi connectivity index (χ0) is 21.8. The first-order valence-corrected chi connectivity index (χ1v) is 10.2. The van der Waals surface area contributed by atoms with Crippen LogP contribution in [0.4, 0.5) is 19.0 Å². The number of nitrogens with two attached hydrogens (primary N) is 1. The van der Waals surface area contributed by atoms with Gasteiger partial charge in [0.2, 0.25) is 0 Å². The normalized spacial score (nSPS) is 27.9. The summed E-state index contributed by atoms with van der Waals surface area (Å²) in [5.41, 5.74) is 6.76. The fourth-order valence-corrected chi connectivity index (χ4v) is 5.06. The van der Waals surface area contributed by atoms with E-state index in [1.807, 2.05) is 43.6 Å². The van der Waals surface area contributed by atoms with Crippen molar-refractivity contribution < 1.29 is 17.9 Å². The maximum absolute atomic E-state index is 15.1. The maximum atomic E-state index is 15.1. The first-order chi connectivity index (χ1) is 14.1. The second kappa shape index (κ2) is 7.44. The zero-order valence-corrected chi connectivity index (χ0v) is 17.6. The smallest absolute Gasteiger partial charge is 0.387 e. The van der Waals surface area contributed by atoms with Gasteiger partial charge in [0, 0.05) is 36.0 Å². The molecule has 4 rings (SSSR count). The lowest BCUT2D eigenvalue weighted by atomic mass is 9.94. The van der Waals surface area contributed by atoms with Gasteiger partial charge in [-0.2, -0.15) is 13.9 Å². The van der Waals surface area contributed by atoms with Crippen molar-refractivity contribution in [2.24, 2.45) is 11.8 Å². The molecular formula is C21H28F3N5O. The summed E-state index contributed by atoms with van der Waals surface area (Å²) < 4.78 is 46.8. The summed E-state index contributed by atoms with van der Waals surface area (Å²) in [5.74, 6) is 0.647. The van der Waals surface area contributed by atoms with Crippen LogP contribution in [-0.4, -0.2) is 52.6 Å². The molecule has 0 aromatic carbocycles. The number of halogens is 3. The molecule has 2 aliphatic rings. The van der Waals surface area contributed by atoms with Gasteiger partial charge >= 0.3 is 6.61 Å². The molecule has 2 fully saturated rings. The molecule has 164 valence electrons. The Morgan fingerprint density at radius 1 is 1.27 bits per heavy atom. The Morgan fingerprint density at radius 2 is 1.93 bits per heavy atom. The van der Waals surface area contributed by atoms with Crippen LogP contribution >= 0.6 is 0 Å². The first-order valence-electron chi connectivity index (χ1n) is 10.2. The van der Waals surface area contributed by atoms with Crippen LogP contribution in [0.1, 0.15) is 44.3 Å². The lowest BCUT2D eigenvalue weighted by Crippen LogP contribution is -2.35. The highest BCUT2D eigenvalue weighted by atomic mass is 19.3. The Balaban J connectivity index is 1.59. The molecule has 6 nitrogen and oxygen atoms in total. The van der Waals surface area contributed by atoms with Crippen LogP contribution < -0.4 is 10.5 Å². The van der Waals surface area contributed by atoms with Gasteiger partial charge in [-0.3, -0.25) is 4.68 Å². The summed E-state index contributed by atoms with van der Waals surface area (Å²) in [7, 11) is 3.80. The van der Waals surface area contributed by atoms with Gasteiger partial charge in [-0.15, -0.1) is 0 Å². The molecule has 0 aliphatic heterocycles. The zero-order valence-electron chi connectivity index (χ0n) is 17.6. The van der Waals surface area contributed by atoms with Crippen LogP contribution in [0.15, 0.2) is 18.3 Å². The van der Waals surface area contributed by atoms with Gasteiger partial charge in [-0.25, -0.2) is 9.37 Å². The summed E-state index contributed by atoms with van der Waals surface area (Å²) in [5, 5.41) is 4.69. The van der Waals surface area contributed by atoms with Crippen molar-refractivity contribution >= 4 is 5.82 Å². The quantitative estimate of drug-likeness (QED) is 0.726. The third kappa shape index (κ3) is 3.87. The van der Waals surface area contributed by atoms with E-state index < -0.39 is 12.3 Å². The molecule has 2 atom stereocenters. The molecule has 0 amide bonds. The highest BCUT2D eigenvalue weighted by Crippen LogP contribution is 2.67. The topological polar surface area (TPSA) is 69.2 Å².